The van der Waals surface area contributed by atoms with E-state index in [0.29, 0.717) is 13.0 Å². The summed E-state index contributed by atoms with van der Waals surface area (Å²) in [6.45, 7) is 2.71. The second-order valence-electron chi connectivity index (χ2n) is 3.15. The van der Waals surface area contributed by atoms with E-state index in [-0.39, 0.29) is 6.10 Å². The molecule has 0 aliphatic carbocycles. The van der Waals surface area contributed by atoms with Crippen LogP contribution in [0.3, 0.4) is 0 Å². The van der Waals surface area contributed by atoms with Crippen molar-refractivity contribution >= 4 is 11.3 Å². The van der Waals surface area contributed by atoms with E-state index >= 15 is 0 Å². The summed E-state index contributed by atoms with van der Waals surface area (Å²) in [5.74, 6) is 0. The molecule has 3 heteroatoms. The first-order chi connectivity index (χ1) is 6.27. The smallest absolute Gasteiger partial charge is 0.0894 e. The summed E-state index contributed by atoms with van der Waals surface area (Å²) in [6.07, 6.45) is 2.57. The first-order valence-corrected chi connectivity index (χ1v) is 5.56. The second-order valence-corrected chi connectivity index (χ2v) is 4.35. The van der Waals surface area contributed by atoms with Gasteiger partial charge in [-0.1, -0.05) is 13.3 Å². The SMILES string of the molecule is CCCc1ccc(C(O)CCN)s1. The van der Waals surface area contributed by atoms with Crippen LogP contribution in [0.25, 0.3) is 0 Å². The zero-order valence-electron chi connectivity index (χ0n) is 7.99. The van der Waals surface area contributed by atoms with Crippen molar-refractivity contribution in [3.05, 3.63) is 21.9 Å². The third-order valence-corrected chi connectivity index (χ3v) is 3.19. The van der Waals surface area contributed by atoms with Crippen LogP contribution in [-0.4, -0.2) is 11.7 Å². The summed E-state index contributed by atoms with van der Waals surface area (Å²) >= 11 is 1.70. The molecule has 0 bridgehead atoms. The van der Waals surface area contributed by atoms with Gasteiger partial charge < -0.3 is 10.8 Å². The molecule has 3 N–H and O–H groups in total. The Morgan fingerprint density at radius 3 is 2.92 bits per heavy atom. The molecule has 0 aliphatic heterocycles. The van der Waals surface area contributed by atoms with Crippen molar-refractivity contribution in [3.63, 3.8) is 0 Å². The normalized spacial score (nSPS) is 13.2. The fourth-order valence-corrected chi connectivity index (χ4v) is 2.39. The van der Waals surface area contributed by atoms with Gasteiger partial charge in [-0.2, -0.15) is 0 Å². The summed E-state index contributed by atoms with van der Waals surface area (Å²) in [5.41, 5.74) is 5.38. The Morgan fingerprint density at radius 2 is 2.31 bits per heavy atom. The van der Waals surface area contributed by atoms with Gasteiger partial charge in [0.05, 0.1) is 6.10 Å². The van der Waals surface area contributed by atoms with Gasteiger partial charge in [0, 0.05) is 9.75 Å². The van der Waals surface area contributed by atoms with Crippen molar-refractivity contribution in [2.75, 3.05) is 6.54 Å². The monoisotopic (exact) mass is 199 g/mol. The number of rotatable bonds is 5. The average Bonchev–Trinajstić information content (AvgIpc) is 2.54. The molecule has 1 aromatic rings. The summed E-state index contributed by atoms with van der Waals surface area (Å²) < 4.78 is 0. The third-order valence-electron chi connectivity index (χ3n) is 1.95. The molecule has 0 amide bonds. The van der Waals surface area contributed by atoms with Crippen LogP contribution in [0.1, 0.15) is 35.6 Å². The molecular formula is C10H17NOS. The Morgan fingerprint density at radius 1 is 1.54 bits per heavy atom. The molecule has 1 atom stereocenters. The molecule has 1 heterocycles. The molecule has 0 spiro atoms. The molecule has 0 saturated carbocycles. The Hall–Kier alpha value is -0.380. The zero-order chi connectivity index (χ0) is 9.68. The van der Waals surface area contributed by atoms with E-state index in [2.05, 4.69) is 13.0 Å². The minimum Gasteiger partial charge on any atom is -0.388 e. The minimum atomic E-state index is -0.361. The van der Waals surface area contributed by atoms with Crippen LogP contribution in [0.5, 0.6) is 0 Å². The van der Waals surface area contributed by atoms with Gasteiger partial charge in [0.1, 0.15) is 0 Å². The molecular weight excluding hydrogens is 182 g/mol. The van der Waals surface area contributed by atoms with Crippen LogP contribution in [-0.2, 0) is 6.42 Å². The average molecular weight is 199 g/mol. The number of aryl methyl sites for hydroxylation is 1. The third kappa shape index (κ3) is 3.10. The van der Waals surface area contributed by atoms with Gasteiger partial charge in [-0.25, -0.2) is 0 Å². The highest BCUT2D eigenvalue weighted by molar-refractivity contribution is 7.12. The van der Waals surface area contributed by atoms with Crippen molar-refractivity contribution in [2.24, 2.45) is 5.73 Å². The topological polar surface area (TPSA) is 46.2 Å². The maximum Gasteiger partial charge on any atom is 0.0894 e. The van der Waals surface area contributed by atoms with Crippen molar-refractivity contribution in [2.45, 2.75) is 32.3 Å². The number of hydrogen-bond donors (Lipinski definition) is 2. The molecule has 0 radical (unpaired) electrons. The molecule has 74 valence electrons. The Labute approximate surface area is 83.4 Å². The zero-order valence-corrected chi connectivity index (χ0v) is 8.81. The van der Waals surface area contributed by atoms with Crippen LogP contribution < -0.4 is 5.73 Å². The van der Waals surface area contributed by atoms with Crippen molar-refractivity contribution in [1.82, 2.24) is 0 Å². The lowest BCUT2D eigenvalue weighted by molar-refractivity contribution is 0.174. The molecule has 0 aliphatic rings. The maximum atomic E-state index is 9.63. The van der Waals surface area contributed by atoms with Crippen molar-refractivity contribution in [1.29, 1.82) is 0 Å². The fraction of sp³-hybridized carbons (Fsp3) is 0.600. The Bertz CT molecular complexity index is 247. The Kier molecular flexibility index (Phi) is 4.42. The van der Waals surface area contributed by atoms with Crippen molar-refractivity contribution in [3.8, 4) is 0 Å². The molecule has 1 unspecified atom stereocenters. The number of nitrogens with two attached hydrogens (primary N) is 1. The predicted octanol–water partition coefficient (Wildman–Crippen LogP) is 2.08. The van der Waals surface area contributed by atoms with E-state index in [4.69, 9.17) is 5.73 Å². The summed E-state index contributed by atoms with van der Waals surface area (Å²) in [5, 5.41) is 9.63. The first-order valence-electron chi connectivity index (χ1n) is 4.74. The lowest BCUT2D eigenvalue weighted by Gasteiger charge is -2.04. The number of hydrogen-bond acceptors (Lipinski definition) is 3. The van der Waals surface area contributed by atoms with E-state index < -0.39 is 0 Å². The highest BCUT2D eigenvalue weighted by Gasteiger charge is 2.08. The molecule has 0 fully saturated rings. The molecule has 1 aromatic heterocycles. The van der Waals surface area contributed by atoms with E-state index in [1.807, 2.05) is 6.07 Å². The number of thiophene rings is 1. The first kappa shape index (κ1) is 10.7. The van der Waals surface area contributed by atoms with Gasteiger partial charge in [0.2, 0.25) is 0 Å². The van der Waals surface area contributed by atoms with E-state index in [1.54, 1.807) is 11.3 Å². The largest absolute Gasteiger partial charge is 0.388 e. The van der Waals surface area contributed by atoms with Crippen LogP contribution in [0.15, 0.2) is 12.1 Å². The summed E-state index contributed by atoms with van der Waals surface area (Å²) in [4.78, 5) is 2.41. The van der Waals surface area contributed by atoms with E-state index in [9.17, 15) is 5.11 Å². The predicted molar refractivity (Wildman–Crippen MR) is 56.9 cm³/mol. The molecule has 0 saturated heterocycles. The minimum absolute atomic E-state index is 0.361. The summed E-state index contributed by atoms with van der Waals surface area (Å²) in [7, 11) is 0. The molecule has 13 heavy (non-hydrogen) atoms. The molecule has 0 aromatic carbocycles. The number of aliphatic hydroxyl groups is 1. The molecule has 2 nitrogen and oxygen atoms in total. The van der Waals surface area contributed by atoms with Crippen LogP contribution >= 0.6 is 11.3 Å². The van der Waals surface area contributed by atoms with Crippen LogP contribution in [0.2, 0.25) is 0 Å². The Balaban J connectivity index is 2.56. The van der Waals surface area contributed by atoms with Crippen LogP contribution in [0.4, 0.5) is 0 Å². The summed E-state index contributed by atoms with van der Waals surface area (Å²) in [6, 6.07) is 4.11. The van der Waals surface area contributed by atoms with Gasteiger partial charge in [-0.15, -0.1) is 11.3 Å². The van der Waals surface area contributed by atoms with E-state index in [0.717, 1.165) is 17.7 Å². The fourth-order valence-electron chi connectivity index (χ4n) is 1.25. The lowest BCUT2D eigenvalue weighted by Crippen LogP contribution is -2.05. The van der Waals surface area contributed by atoms with Crippen LogP contribution in [0, 0.1) is 0 Å². The highest BCUT2D eigenvalue weighted by atomic mass is 32.1. The molecule has 1 rings (SSSR count). The second kappa shape index (κ2) is 5.37. The lowest BCUT2D eigenvalue weighted by atomic mass is 10.2. The standard InChI is InChI=1S/C10H17NOS/c1-2-3-8-4-5-10(13-8)9(12)6-7-11/h4-5,9,12H,2-3,6-7,11H2,1H3. The van der Waals surface area contributed by atoms with Gasteiger partial charge in [-0.05, 0) is 31.5 Å². The van der Waals surface area contributed by atoms with Gasteiger partial charge >= 0.3 is 0 Å². The number of aliphatic hydroxyl groups excluding tert-OH is 1. The van der Waals surface area contributed by atoms with Gasteiger partial charge in [0.25, 0.3) is 0 Å². The van der Waals surface area contributed by atoms with Crippen molar-refractivity contribution < 1.29 is 5.11 Å². The van der Waals surface area contributed by atoms with E-state index in [1.165, 1.54) is 4.88 Å². The van der Waals surface area contributed by atoms with Gasteiger partial charge in [0.15, 0.2) is 0 Å². The van der Waals surface area contributed by atoms with Gasteiger partial charge in [-0.3, -0.25) is 0 Å². The highest BCUT2D eigenvalue weighted by Crippen LogP contribution is 2.25. The quantitative estimate of drug-likeness (QED) is 0.762. The maximum absolute atomic E-state index is 9.63.